The van der Waals surface area contributed by atoms with Crippen LogP contribution in [0.15, 0.2) is 55.0 Å². The summed E-state index contributed by atoms with van der Waals surface area (Å²) in [6.45, 7) is 1.57. The summed E-state index contributed by atoms with van der Waals surface area (Å²) in [5.74, 6) is 0.700. The molecule has 0 spiro atoms. The number of rotatable bonds is 4. The standard InChI is InChI=1S/C22H15N7OS/c1-11(30)17-4-5-18(31-17)21-20-16(6-7-23-21)26-22(27-20)19-14-8-12(13-9-24-25-10-13)2-3-15(14)28-29-19/h2-10H,1H3,(H,24,25)(H,26,27)(H,28,29). The van der Waals surface area contributed by atoms with Gasteiger partial charge in [0.05, 0.1) is 27.0 Å². The fourth-order valence-corrected chi connectivity index (χ4v) is 4.56. The van der Waals surface area contributed by atoms with Gasteiger partial charge in [0.15, 0.2) is 11.6 Å². The predicted octanol–water partition coefficient (Wildman–Crippen LogP) is 4.82. The highest BCUT2D eigenvalue weighted by Crippen LogP contribution is 2.34. The second-order valence-electron chi connectivity index (χ2n) is 7.18. The second kappa shape index (κ2) is 6.71. The van der Waals surface area contributed by atoms with Crippen LogP contribution in [0.2, 0.25) is 0 Å². The summed E-state index contributed by atoms with van der Waals surface area (Å²) < 4.78 is 0. The lowest BCUT2D eigenvalue weighted by Crippen LogP contribution is -1.84. The number of carbonyl (C=O) groups is 1. The number of fused-ring (bicyclic) bond motifs is 2. The summed E-state index contributed by atoms with van der Waals surface area (Å²) in [5.41, 5.74) is 6.05. The Balaban J connectivity index is 1.50. The Morgan fingerprint density at radius 1 is 1.03 bits per heavy atom. The Labute approximate surface area is 179 Å². The average Bonchev–Trinajstić information content (AvgIpc) is 3.58. The monoisotopic (exact) mass is 425 g/mol. The van der Waals surface area contributed by atoms with Crippen LogP contribution in [0.25, 0.3) is 55.2 Å². The molecule has 0 aliphatic heterocycles. The molecule has 0 fully saturated rings. The van der Waals surface area contributed by atoms with E-state index >= 15 is 0 Å². The molecule has 0 aliphatic rings. The lowest BCUT2D eigenvalue weighted by atomic mass is 10.1. The molecule has 0 saturated carbocycles. The Morgan fingerprint density at radius 3 is 2.77 bits per heavy atom. The maximum absolute atomic E-state index is 11.7. The Kier molecular flexibility index (Phi) is 3.84. The van der Waals surface area contributed by atoms with Crippen molar-refractivity contribution in [3.05, 3.63) is 59.9 Å². The number of hydrogen-bond donors (Lipinski definition) is 3. The van der Waals surface area contributed by atoms with Crippen molar-refractivity contribution in [1.29, 1.82) is 0 Å². The molecule has 0 radical (unpaired) electrons. The van der Waals surface area contributed by atoms with Crippen LogP contribution in [-0.4, -0.2) is 41.1 Å². The van der Waals surface area contributed by atoms with E-state index in [0.29, 0.717) is 10.7 Å². The van der Waals surface area contributed by atoms with E-state index in [-0.39, 0.29) is 5.78 Å². The highest BCUT2D eigenvalue weighted by Gasteiger charge is 2.17. The van der Waals surface area contributed by atoms with Gasteiger partial charge in [-0.05, 0) is 42.8 Å². The van der Waals surface area contributed by atoms with Crippen molar-refractivity contribution in [2.75, 3.05) is 0 Å². The third kappa shape index (κ3) is 2.86. The smallest absolute Gasteiger partial charge is 0.169 e. The van der Waals surface area contributed by atoms with Crippen LogP contribution in [0.1, 0.15) is 16.6 Å². The van der Waals surface area contributed by atoms with E-state index in [1.54, 1.807) is 19.3 Å². The van der Waals surface area contributed by atoms with E-state index in [0.717, 1.165) is 49.3 Å². The fraction of sp³-hybridized carbons (Fsp3) is 0.0455. The zero-order valence-corrected chi connectivity index (χ0v) is 17.1. The summed E-state index contributed by atoms with van der Waals surface area (Å²) in [6.07, 6.45) is 5.39. The zero-order valence-electron chi connectivity index (χ0n) is 16.3. The molecule has 8 nitrogen and oxygen atoms in total. The van der Waals surface area contributed by atoms with Gasteiger partial charge in [-0.3, -0.25) is 20.0 Å². The minimum absolute atomic E-state index is 0.0440. The van der Waals surface area contributed by atoms with Gasteiger partial charge in [-0.15, -0.1) is 11.3 Å². The summed E-state index contributed by atoms with van der Waals surface area (Å²) in [5, 5.41) is 15.4. The molecule has 6 rings (SSSR count). The number of ketones is 1. The Bertz CT molecular complexity index is 1570. The van der Waals surface area contributed by atoms with E-state index in [1.165, 1.54) is 11.3 Å². The highest BCUT2D eigenvalue weighted by atomic mass is 32.1. The van der Waals surface area contributed by atoms with Crippen molar-refractivity contribution in [3.8, 4) is 33.2 Å². The van der Waals surface area contributed by atoms with Crippen molar-refractivity contribution in [2.45, 2.75) is 6.92 Å². The SMILES string of the molecule is CC(=O)c1ccc(-c2nccc3[nH]c(-c4n[nH]c5ccc(-c6cn[nH]c6)cc45)nc23)s1. The van der Waals surface area contributed by atoms with E-state index < -0.39 is 0 Å². The average molecular weight is 425 g/mol. The first-order chi connectivity index (χ1) is 15.2. The zero-order chi connectivity index (χ0) is 20.9. The molecule has 5 aromatic heterocycles. The van der Waals surface area contributed by atoms with Crippen LogP contribution in [0.5, 0.6) is 0 Å². The topological polar surface area (TPSA) is 116 Å². The Morgan fingerprint density at radius 2 is 1.97 bits per heavy atom. The van der Waals surface area contributed by atoms with Gasteiger partial charge in [-0.1, -0.05) is 6.07 Å². The van der Waals surface area contributed by atoms with Crippen molar-refractivity contribution >= 4 is 39.1 Å². The maximum atomic E-state index is 11.7. The molecule has 0 atom stereocenters. The van der Waals surface area contributed by atoms with Crippen LogP contribution < -0.4 is 0 Å². The van der Waals surface area contributed by atoms with Crippen molar-refractivity contribution < 1.29 is 4.79 Å². The summed E-state index contributed by atoms with van der Waals surface area (Å²) in [7, 11) is 0. The molecule has 0 aliphatic carbocycles. The van der Waals surface area contributed by atoms with Gasteiger partial charge in [-0.25, -0.2) is 4.98 Å². The second-order valence-corrected chi connectivity index (χ2v) is 8.26. The highest BCUT2D eigenvalue weighted by molar-refractivity contribution is 7.17. The van der Waals surface area contributed by atoms with Gasteiger partial charge in [0.25, 0.3) is 0 Å². The number of aromatic nitrogens is 7. The summed E-state index contributed by atoms with van der Waals surface area (Å²) in [6, 6.07) is 11.7. The van der Waals surface area contributed by atoms with Crippen LogP contribution >= 0.6 is 11.3 Å². The van der Waals surface area contributed by atoms with Gasteiger partial charge in [0.2, 0.25) is 0 Å². The first-order valence-corrected chi connectivity index (χ1v) is 10.4. The van der Waals surface area contributed by atoms with Crippen molar-refractivity contribution in [1.82, 2.24) is 35.3 Å². The summed E-state index contributed by atoms with van der Waals surface area (Å²) >= 11 is 1.42. The lowest BCUT2D eigenvalue weighted by molar-refractivity contribution is 0.102. The van der Waals surface area contributed by atoms with E-state index in [4.69, 9.17) is 4.98 Å². The van der Waals surface area contributed by atoms with E-state index in [2.05, 4.69) is 36.4 Å². The number of Topliss-reactive ketones (excluding diaryl/α,β-unsaturated/α-hetero) is 1. The van der Waals surface area contributed by atoms with Gasteiger partial charge in [0, 0.05) is 23.3 Å². The molecule has 150 valence electrons. The number of benzene rings is 1. The third-order valence-corrected chi connectivity index (χ3v) is 6.40. The molecule has 6 aromatic rings. The van der Waals surface area contributed by atoms with Crippen LogP contribution in [-0.2, 0) is 0 Å². The van der Waals surface area contributed by atoms with Gasteiger partial charge in [-0.2, -0.15) is 10.2 Å². The summed E-state index contributed by atoms with van der Waals surface area (Å²) in [4.78, 5) is 26.0. The predicted molar refractivity (Wildman–Crippen MR) is 120 cm³/mol. The number of nitrogens with one attached hydrogen (secondary N) is 3. The molecule has 31 heavy (non-hydrogen) atoms. The quantitative estimate of drug-likeness (QED) is 0.350. The molecule has 1 aromatic carbocycles. The largest absolute Gasteiger partial charge is 0.336 e. The third-order valence-electron chi connectivity index (χ3n) is 5.21. The number of hydrogen-bond acceptors (Lipinski definition) is 6. The number of aromatic amines is 3. The van der Waals surface area contributed by atoms with Crippen molar-refractivity contribution in [2.24, 2.45) is 0 Å². The normalized spacial score (nSPS) is 11.5. The molecule has 0 amide bonds. The fourth-order valence-electron chi connectivity index (χ4n) is 3.67. The van der Waals surface area contributed by atoms with Crippen LogP contribution in [0.3, 0.4) is 0 Å². The molecule has 5 heterocycles. The number of H-pyrrole nitrogens is 3. The number of imidazole rings is 1. The van der Waals surface area contributed by atoms with Gasteiger partial charge >= 0.3 is 0 Å². The Hall–Kier alpha value is -4.11. The number of pyridine rings is 1. The number of carbonyl (C=O) groups excluding carboxylic acids is 1. The maximum Gasteiger partial charge on any atom is 0.169 e. The molecular weight excluding hydrogens is 410 g/mol. The lowest BCUT2D eigenvalue weighted by Gasteiger charge is -1.98. The molecule has 9 heteroatoms. The van der Waals surface area contributed by atoms with Crippen LogP contribution in [0.4, 0.5) is 0 Å². The van der Waals surface area contributed by atoms with Crippen molar-refractivity contribution in [3.63, 3.8) is 0 Å². The molecule has 3 N–H and O–H groups in total. The molecule has 0 unspecified atom stereocenters. The number of thiophene rings is 1. The minimum atomic E-state index is 0.0440. The molecular formula is C22H15N7OS. The first kappa shape index (κ1) is 17.7. The molecule has 0 saturated heterocycles. The first-order valence-electron chi connectivity index (χ1n) is 9.61. The van der Waals surface area contributed by atoms with E-state index in [9.17, 15) is 4.79 Å². The van der Waals surface area contributed by atoms with E-state index in [1.807, 2.05) is 36.5 Å². The number of nitrogens with zero attached hydrogens (tertiary/aromatic N) is 4. The van der Waals surface area contributed by atoms with Crippen LogP contribution in [0, 0.1) is 0 Å². The molecule has 0 bridgehead atoms. The van der Waals surface area contributed by atoms with Gasteiger partial charge in [0.1, 0.15) is 16.9 Å². The van der Waals surface area contributed by atoms with Gasteiger partial charge < -0.3 is 4.98 Å². The minimum Gasteiger partial charge on any atom is -0.336 e.